The summed E-state index contributed by atoms with van der Waals surface area (Å²) < 4.78 is 0. The molecule has 0 bridgehead atoms. The van der Waals surface area contributed by atoms with E-state index in [1.807, 2.05) is 39.0 Å². The van der Waals surface area contributed by atoms with E-state index < -0.39 is 0 Å². The van der Waals surface area contributed by atoms with Crippen LogP contribution >= 0.6 is 11.3 Å². The van der Waals surface area contributed by atoms with Crippen molar-refractivity contribution in [1.29, 1.82) is 0 Å². The summed E-state index contributed by atoms with van der Waals surface area (Å²) in [6.45, 7) is 7.83. The number of likely N-dealkylation sites (tertiary alicyclic amines) is 1. The second-order valence-electron chi connectivity index (χ2n) is 7.11. The van der Waals surface area contributed by atoms with E-state index in [9.17, 15) is 9.59 Å². The van der Waals surface area contributed by atoms with E-state index in [4.69, 9.17) is 0 Å². The van der Waals surface area contributed by atoms with Crippen molar-refractivity contribution in [3.63, 3.8) is 0 Å². The Morgan fingerprint density at radius 1 is 1.19 bits per heavy atom. The molecular formula is C20H26N4O2S. The van der Waals surface area contributed by atoms with Gasteiger partial charge in [0.1, 0.15) is 4.88 Å². The van der Waals surface area contributed by atoms with E-state index in [-0.39, 0.29) is 17.9 Å². The number of aromatic nitrogens is 1. The lowest BCUT2D eigenvalue weighted by Gasteiger charge is -2.31. The fourth-order valence-corrected chi connectivity index (χ4v) is 4.11. The Kier molecular flexibility index (Phi) is 6.23. The summed E-state index contributed by atoms with van der Waals surface area (Å²) in [5.41, 5.74) is 5.52. The first kappa shape index (κ1) is 19.5. The highest BCUT2D eigenvalue weighted by Crippen LogP contribution is 2.20. The molecule has 7 heteroatoms. The van der Waals surface area contributed by atoms with Crippen LogP contribution in [-0.2, 0) is 4.79 Å². The lowest BCUT2D eigenvalue weighted by molar-refractivity contribution is -0.117. The van der Waals surface area contributed by atoms with Gasteiger partial charge in [0.2, 0.25) is 5.91 Å². The predicted octanol–water partition coefficient (Wildman–Crippen LogP) is 2.90. The number of piperidine rings is 1. The zero-order valence-electron chi connectivity index (χ0n) is 16.0. The molecule has 2 N–H and O–H groups in total. The Morgan fingerprint density at radius 3 is 2.44 bits per heavy atom. The third kappa shape index (κ3) is 4.93. The third-order valence-corrected chi connectivity index (χ3v) is 5.91. The molecule has 2 heterocycles. The van der Waals surface area contributed by atoms with Crippen LogP contribution in [0.2, 0.25) is 0 Å². The Hall–Kier alpha value is -2.25. The Bertz CT molecular complexity index is 805. The molecule has 0 aliphatic carbocycles. The van der Waals surface area contributed by atoms with Gasteiger partial charge in [-0.1, -0.05) is 18.2 Å². The van der Waals surface area contributed by atoms with Crippen LogP contribution in [0.4, 0.5) is 5.69 Å². The van der Waals surface area contributed by atoms with Gasteiger partial charge < -0.3 is 10.6 Å². The van der Waals surface area contributed by atoms with E-state index in [0.29, 0.717) is 11.4 Å². The average molecular weight is 387 g/mol. The van der Waals surface area contributed by atoms with Gasteiger partial charge in [-0.2, -0.15) is 0 Å². The predicted molar refractivity (Wildman–Crippen MR) is 108 cm³/mol. The lowest BCUT2D eigenvalue weighted by Crippen LogP contribution is -2.46. The number of nitrogens with zero attached hydrogens (tertiary/aromatic N) is 2. The highest BCUT2D eigenvalue weighted by Gasteiger charge is 2.23. The normalized spacial score (nSPS) is 15.5. The Balaban J connectivity index is 1.46. The first-order valence-corrected chi connectivity index (χ1v) is 10.1. The van der Waals surface area contributed by atoms with Gasteiger partial charge in [-0.05, 0) is 44.7 Å². The topological polar surface area (TPSA) is 74.3 Å². The summed E-state index contributed by atoms with van der Waals surface area (Å²) in [5, 5.41) is 6.13. The second-order valence-corrected chi connectivity index (χ2v) is 7.96. The maximum Gasteiger partial charge on any atom is 0.263 e. The zero-order chi connectivity index (χ0) is 19.4. The molecule has 1 aromatic carbocycles. The van der Waals surface area contributed by atoms with E-state index in [1.165, 1.54) is 11.3 Å². The number of hydrogen-bond donors (Lipinski definition) is 2. The van der Waals surface area contributed by atoms with Gasteiger partial charge in [0.25, 0.3) is 5.91 Å². The summed E-state index contributed by atoms with van der Waals surface area (Å²) in [6.07, 6.45) is 1.69. The number of nitrogens with one attached hydrogen (secondary N) is 2. The van der Waals surface area contributed by atoms with Gasteiger partial charge in [-0.25, -0.2) is 4.98 Å². The zero-order valence-corrected chi connectivity index (χ0v) is 16.9. The minimum absolute atomic E-state index is 0.00942. The molecule has 1 aliphatic heterocycles. The van der Waals surface area contributed by atoms with Gasteiger partial charge in [-0.3, -0.25) is 14.5 Å². The van der Waals surface area contributed by atoms with Crippen molar-refractivity contribution < 1.29 is 9.59 Å². The molecule has 3 rings (SSSR count). The number of benzene rings is 1. The van der Waals surface area contributed by atoms with Gasteiger partial charge >= 0.3 is 0 Å². The van der Waals surface area contributed by atoms with Crippen molar-refractivity contribution >= 4 is 28.8 Å². The number of rotatable bonds is 5. The number of carbonyl (C=O) groups excluding carboxylic acids is 2. The summed E-state index contributed by atoms with van der Waals surface area (Å²) in [4.78, 5) is 31.7. The van der Waals surface area contributed by atoms with Crippen LogP contribution in [0.1, 0.15) is 39.3 Å². The SMILES string of the molecule is Cc1cccc(C)c1NC(=O)CN1CCC(NC(=O)c2scnc2C)CC1. The van der Waals surface area contributed by atoms with Crippen LogP contribution < -0.4 is 10.6 Å². The number of anilines is 1. The number of aryl methyl sites for hydroxylation is 3. The highest BCUT2D eigenvalue weighted by molar-refractivity contribution is 7.11. The smallest absolute Gasteiger partial charge is 0.263 e. The number of para-hydroxylation sites is 1. The molecule has 0 saturated carbocycles. The van der Waals surface area contributed by atoms with Crippen molar-refractivity contribution in [1.82, 2.24) is 15.2 Å². The molecule has 1 aliphatic rings. The van der Waals surface area contributed by atoms with E-state index in [2.05, 4.69) is 20.5 Å². The third-order valence-electron chi connectivity index (χ3n) is 4.99. The van der Waals surface area contributed by atoms with Gasteiger partial charge in [0.05, 0.1) is 17.7 Å². The molecule has 0 spiro atoms. The molecule has 6 nitrogen and oxygen atoms in total. The van der Waals surface area contributed by atoms with Crippen LogP contribution in [0.5, 0.6) is 0 Å². The second kappa shape index (κ2) is 8.63. The first-order chi connectivity index (χ1) is 12.9. The van der Waals surface area contributed by atoms with E-state index in [1.54, 1.807) is 5.51 Å². The summed E-state index contributed by atoms with van der Waals surface area (Å²) in [6, 6.07) is 6.15. The van der Waals surface area contributed by atoms with Crippen molar-refractivity contribution in [2.24, 2.45) is 0 Å². The number of hydrogen-bond acceptors (Lipinski definition) is 5. The molecule has 1 aromatic heterocycles. The molecule has 1 fully saturated rings. The molecule has 0 radical (unpaired) electrons. The van der Waals surface area contributed by atoms with Crippen molar-refractivity contribution in [2.45, 2.75) is 39.7 Å². The first-order valence-electron chi connectivity index (χ1n) is 9.23. The maximum absolute atomic E-state index is 12.4. The average Bonchev–Trinajstić information content (AvgIpc) is 3.06. The minimum Gasteiger partial charge on any atom is -0.348 e. The van der Waals surface area contributed by atoms with E-state index >= 15 is 0 Å². The van der Waals surface area contributed by atoms with Gasteiger partial charge in [-0.15, -0.1) is 11.3 Å². The van der Waals surface area contributed by atoms with Crippen molar-refractivity contribution in [3.8, 4) is 0 Å². The molecule has 2 aromatic rings. The number of thiazole rings is 1. The monoisotopic (exact) mass is 386 g/mol. The highest BCUT2D eigenvalue weighted by atomic mass is 32.1. The summed E-state index contributed by atoms with van der Waals surface area (Å²) >= 11 is 1.37. The Morgan fingerprint density at radius 2 is 1.85 bits per heavy atom. The molecule has 144 valence electrons. The van der Waals surface area contributed by atoms with Crippen LogP contribution in [-0.4, -0.2) is 47.4 Å². The van der Waals surface area contributed by atoms with Gasteiger partial charge in [0.15, 0.2) is 0 Å². The number of amides is 2. The molecular weight excluding hydrogens is 360 g/mol. The molecule has 0 unspecified atom stereocenters. The molecule has 0 atom stereocenters. The standard InChI is InChI=1S/C20H26N4O2S/c1-13-5-4-6-14(2)18(13)23-17(25)11-24-9-7-16(8-10-24)22-20(26)19-15(3)21-12-27-19/h4-6,12,16H,7-11H2,1-3H3,(H,22,26)(H,23,25). The van der Waals surface area contributed by atoms with Crippen molar-refractivity contribution in [3.05, 3.63) is 45.4 Å². The lowest BCUT2D eigenvalue weighted by atomic mass is 10.0. The Labute approximate surface area is 164 Å². The van der Waals surface area contributed by atoms with Crippen LogP contribution in [0, 0.1) is 20.8 Å². The quantitative estimate of drug-likeness (QED) is 0.829. The fraction of sp³-hybridized carbons (Fsp3) is 0.450. The number of carbonyl (C=O) groups is 2. The molecule has 27 heavy (non-hydrogen) atoms. The van der Waals surface area contributed by atoms with E-state index in [0.717, 1.165) is 48.4 Å². The summed E-state index contributed by atoms with van der Waals surface area (Å²) in [7, 11) is 0. The van der Waals surface area contributed by atoms with Crippen LogP contribution in [0.25, 0.3) is 0 Å². The molecule has 1 saturated heterocycles. The van der Waals surface area contributed by atoms with Crippen LogP contribution in [0.15, 0.2) is 23.7 Å². The maximum atomic E-state index is 12.4. The van der Waals surface area contributed by atoms with Gasteiger partial charge in [0, 0.05) is 24.8 Å². The largest absolute Gasteiger partial charge is 0.348 e. The fourth-order valence-electron chi connectivity index (χ4n) is 3.40. The van der Waals surface area contributed by atoms with Crippen molar-refractivity contribution in [2.75, 3.05) is 25.0 Å². The minimum atomic E-state index is -0.0405. The molecule has 2 amide bonds. The summed E-state index contributed by atoms with van der Waals surface area (Å²) in [5.74, 6) is -0.0311. The van der Waals surface area contributed by atoms with Crippen LogP contribution in [0.3, 0.4) is 0 Å².